The molecule has 2 nitrogen and oxygen atoms in total. The molecule has 0 aromatic heterocycles. The summed E-state index contributed by atoms with van der Waals surface area (Å²) in [6.07, 6.45) is 9.04. The Morgan fingerprint density at radius 1 is 0.920 bits per heavy atom. The predicted octanol–water partition coefficient (Wildman–Crippen LogP) is 6.18. The molecular formula is C21H34BrNOS. The summed E-state index contributed by atoms with van der Waals surface area (Å²) in [5.74, 6) is 2.73. The number of unbranched alkanes of at least 4 members (excludes halogenated alkanes) is 4. The van der Waals surface area contributed by atoms with Gasteiger partial charge in [-0.15, -0.1) is 0 Å². The molecule has 4 heteroatoms. The van der Waals surface area contributed by atoms with Crippen LogP contribution >= 0.6 is 27.7 Å². The fourth-order valence-corrected chi connectivity index (χ4v) is 4.21. The van der Waals surface area contributed by atoms with Crippen LogP contribution < -0.4 is 0 Å². The highest BCUT2D eigenvalue weighted by Crippen LogP contribution is 2.13. The van der Waals surface area contributed by atoms with Crippen molar-refractivity contribution in [3.05, 3.63) is 35.4 Å². The monoisotopic (exact) mass is 427 g/mol. The zero-order valence-corrected chi connectivity index (χ0v) is 18.3. The average Bonchev–Trinajstić information content (AvgIpc) is 2.64. The van der Waals surface area contributed by atoms with Gasteiger partial charge >= 0.3 is 0 Å². The van der Waals surface area contributed by atoms with Crippen molar-refractivity contribution in [2.45, 2.75) is 58.8 Å². The minimum atomic E-state index is 0.143. The van der Waals surface area contributed by atoms with E-state index >= 15 is 0 Å². The first-order chi connectivity index (χ1) is 12.2. The smallest absolute Gasteiger partial charge is 0.253 e. The number of hydrogen-bond donors (Lipinski definition) is 0. The number of carbonyl (C=O) groups excluding carboxylic acids is 1. The van der Waals surface area contributed by atoms with Crippen LogP contribution in [0.4, 0.5) is 0 Å². The molecule has 0 spiro atoms. The van der Waals surface area contributed by atoms with Crippen LogP contribution in [-0.4, -0.2) is 40.7 Å². The zero-order chi connectivity index (χ0) is 18.3. The van der Waals surface area contributed by atoms with Gasteiger partial charge in [0.1, 0.15) is 0 Å². The van der Waals surface area contributed by atoms with Crippen molar-refractivity contribution in [3.63, 3.8) is 0 Å². The molecule has 0 radical (unpaired) electrons. The second-order valence-electron chi connectivity index (χ2n) is 6.35. The van der Waals surface area contributed by atoms with Crippen molar-refractivity contribution in [2.24, 2.45) is 0 Å². The Morgan fingerprint density at radius 3 is 2.12 bits per heavy atom. The number of alkyl halides is 1. The first kappa shape index (κ1) is 22.6. The van der Waals surface area contributed by atoms with Crippen molar-refractivity contribution in [2.75, 3.05) is 29.9 Å². The van der Waals surface area contributed by atoms with E-state index in [0.717, 1.165) is 30.4 Å². The van der Waals surface area contributed by atoms with Crippen LogP contribution in [0.15, 0.2) is 24.3 Å². The van der Waals surface area contributed by atoms with E-state index in [2.05, 4.69) is 39.8 Å². The molecular weight excluding hydrogens is 394 g/mol. The summed E-state index contributed by atoms with van der Waals surface area (Å²) in [4.78, 5) is 14.2. The number of carbonyl (C=O) groups is 1. The average molecular weight is 428 g/mol. The minimum absolute atomic E-state index is 0.143. The summed E-state index contributed by atoms with van der Waals surface area (Å²) in [6.45, 7) is 5.59. The Hall–Kier alpha value is -0.480. The summed E-state index contributed by atoms with van der Waals surface area (Å²) in [5.41, 5.74) is 2.15. The third kappa shape index (κ3) is 9.69. The number of halogens is 1. The molecule has 0 unspecified atom stereocenters. The van der Waals surface area contributed by atoms with Crippen LogP contribution in [0.25, 0.3) is 0 Å². The maximum atomic E-state index is 12.3. The maximum absolute atomic E-state index is 12.3. The molecule has 1 aromatic carbocycles. The third-order valence-corrected chi connectivity index (χ3v) is 6.14. The first-order valence-corrected chi connectivity index (χ1v) is 12.0. The third-order valence-electron chi connectivity index (χ3n) is 4.43. The van der Waals surface area contributed by atoms with Crippen LogP contribution in [-0.2, 0) is 6.42 Å². The number of aryl methyl sites for hydroxylation is 1. The van der Waals surface area contributed by atoms with Crippen molar-refractivity contribution < 1.29 is 4.79 Å². The lowest BCUT2D eigenvalue weighted by Crippen LogP contribution is -2.30. The van der Waals surface area contributed by atoms with Gasteiger partial charge in [-0.2, -0.15) is 11.8 Å². The van der Waals surface area contributed by atoms with Crippen LogP contribution in [0.3, 0.4) is 0 Å². The molecule has 142 valence electrons. The molecule has 1 aromatic rings. The van der Waals surface area contributed by atoms with E-state index in [1.807, 2.05) is 30.9 Å². The van der Waals surface area contributed by atoms with E-state index in [1.165, 1.54) is 55.6 Å². The molecule has 0 heterocycles. The summed E-state index contributed by atoms with van der Waals surface area (Å²) >= 11 is 5.58. The van der Waals surface area contributed by atoms with Gasteiger partial charge in [-0.3, -0.25) is 4.79 Å². The van der Waals surface area contributed by atoms with Gasteiger partial charge in [-0.25, -0.2) is 0 Å². The molecule has 0 saturated carbocycles. The molecule has 25 heavy (non-hydrogen) atoms. The molecule has 0 saturated heterocycles. The number of amides is 1. The van der Waals surface area contributed by atoms with E-state index in [1.54, 1.807) is 0 Å². The highest BCUT2D eigenvalue weighted by Gasteiger charge is 2.11. The summed E-state index contributed by atoms with van der Waals surface area (Å²) in [6, 6.07) is 8.21. The van der Waals surface area contributed by atoms with Crippen LogP contribution in [0.2, 0.25) is 0 Å². The van der Waals surface area contributed by atoms with Crippen molar-refractivity contribution in [1.29, 1.82) is 0 Å². The largest absolute Gasteiger partial charge is 0.339 e. The summed E-state index contributed by atoms with van der Waals surface area (Å²) in [7, 11) is 0. The van der Waals surface area contributed by atoms with E-state index in [-0.39, 0.29) is 5.91 Å². The highest BCUT2D eigenvalue weighted by atomic mass is 79.9. The number of thioether (sulfide) groups is 1. The highest BCUT2D eigenvalue weighted by molar-refractivity contribution is 9.09. The molecule has 0 aliphatic heterocycles. The van der Waals surface area contributed by atoms with E-state index in [4.69, 9.17) is 0 Å². The molecule has 1 amide bonds. The molecule has 0 N–H and O–H groups in total. The standard InChI is InChI=1S/C21H34BrNOS/c1-3-23(4-2)21(24)20-14-12-19(13-15-20)11-7-10-18-25-17-9-6-5-8-16-22/h12-15H,3-11,16-18H2,1-2H3. The minimum Gasteiger partial charge on any atom is -0.339 e. The topological polar surface area (TPSA) is 20.3 Å². The van der Waals surface area contributed by atoms with E-state index in [9.17, 15) is 4.79 Å². The predicted molar refractivity (Wildman–Crippen MR) is 116 cm³/mol. The van der Waals surface area contributed by atoms with Crippen molar-refractivity contribution in [1.82, 2.24) is 4.90 Å². The summed E-state index contributed by atoms with van der Waals surface area (Å²) in [5, 5.41) is 1.14. The van der Waals surface area contributed by atoms with Crippen molar-refractivity contribution >= 4 is 33.6 Å². The Kier molecular flexibility index (Phi) is 13.2. The van der Waals surface area contributed by atoms with Gasteiger partial charge in [0.15, 0.2) is 0 Å². The van der Waals surface area contributed by atoms with Gasteiger partial charge in [0.2, 0.25) is 0 Å². The molecule has 0 fully saturated rings. The number of nitrogens with zero attached hydrogens (tertiary/aromatic N) is 1. The lowest BCUT2D eigenvalue weighted by atomic mass is 10.1. The van der Waals surface area contributed by atoms with Gasteiger partial charge in [0.05, 0.1) is 0 Å². The van der Waals surface area contributed by atoms with Crippen LogP contribution in [0.5, 0.6) is 0 Å². The normalized spacial score (nSPS) is 10.8. The fourth-order valence-electron chi connectivity index (χ4n) is 2.79. The Labute approximate surface area is 167 Å². The van der Waals surface area contributed by atoms with Crippen LogP contribution in [0.1, 0.15) is 68.3 Å². The number of hydrogen-bond acceptors (Lipinski definition) is 2. The van der Waals surface area contributed by atoms with Crippen molar-refractivity contribution in [3.8, 4) is 0 Å². The molecule has 0 aliphatic carbocycles. The van der Waals surface area contributed by atoms with Gasteiger partial charge in [-0.05, 0) is 75.2 Å². The van der Waals surface area contributed by atoms with Gasteiger partial charge in [-0.1, -0.05) is 40.9 Å². The molecule has 0 atom stereocenters. The Morgan fingerprint density at radius 2 is 1.52 bits per heavy atom. The summed E-state index contributed by atoms with van der Waals surface area (Å²) < 4.78 is 0. The van der Waals surface area contributed by atoms with E-state index in [0.29, 0.717) is 0 Å². The van der Waals surface area contributed by atoms with Gasteiger partial charge in [0.25, 0.3) is 5.91 Å². The van der Waals surface area contributed by atoms with Crippen LogP contribution in [0, 0.1) is 0 Å². The molecule has 1 rings (SSSR count). The van der Waals surface area contributed by atoms with Gasteiger partial charge < -0.3 is 4.90 Å². The molecule has 0 bridgehead atoms. The quantitative estimate of drug-likeness (QED) is 0.261. The Balaban J connectivity index is 2.15. The SMILES string of the molecule is CCN(CC)C(=O)c1ccc(CCCCSCCCCCCBr)cc1. The Bertz CT molecular complexity index is 459. The lowest BCUT2D eigenvalue weighted by molar-refractivity contribution is 0.0773. The zero-order valence-electron chi connectivity index (χ0n) is 15.9. The number of benzene rings is 1. The lowest BCUT2D eigenvalue weighted by Gasteiger charge is -2.18. The maximum Gasteiger partial charge on any atom is 0.253 e. The van der Waals surface area contributed by atoms with Gasteiger partial charge in [0, 0.05) is 24.0 Å². The first-order valence-electron chi connectivity index (χ1n) is 9.74. The van der Waals surface area contributed by atoms with E-state index < -0.39 is 0 Å². The second-order valence-corrected chi connectivity index (χ2v) is 8.36. The second kappa shape index (κ2) is 14.7. The molecule has 0 aliphatic rings. The fraction of sp³-hybridized carbons (Fsp3) is 0.667. The number of rotatable bonds is 14.